The van der Waals surface area contributed by atoms with Gasteiger partial charge in [-0.2, -0.15) is 0 Å². The molecule has 0 saturated heterocycles. The highest BCUT2D eigenvalue weighted by molar-refractivity contribution is 7.17. The van der Waals surface area contributed by atoms with Crippen molar-refractivity contribution in [3.63, 3.8) is 0 Å². The van der Waals surface area contributed by atoms with Crippen LogP contribution in [0, 0.1) is 5.82 Å². The zero-order chi connectivity index (χ0) is 21.6. The minimum Gasteiger partial charge on any atom is -0.351 e. The van der Waals surface area contributed by atoms with E-state index in [4.69, 9.17) is 0 Å². The number of halogens is 1. The van der Waals surface area contributed by atoms with Crippen LogP contribution in [-0.4, -0.2) is 32.9 Å². The van der Waals surface area contributed by atoms with Crippen LogP contribution in [-0.2, 0) is 17.9 Å². The number of nitrogens with one attached hydrogen (secondary N) is 1. The van der Waals surface area contributed by atoms with Crippen LogP contribution in [0.2, 0.25) is 0 Å². The van der Waals surface area contributed by atoms with Crippen LogP contribution in [0.15, 0.2) is 41.8 Å². The fourth-order valence-electron chi connectivity index (χ4n) is 4.93. The number of hydrogen-bond acceptors (Lipinski definition) is 3. The zero-order valence-electron chi connectivity index (χ0n) is 17.6. The molecule has 1 aliphatic carbocycles. The maximum atomic E-state index is 13.8. The van der Waals surface area contributed by atoms with Crippen LogP contribution in [0.5, 0.6) is 0 Å². The molecule has 2 aliphatic rings. The van der Waals surface area contributed by atoms with Gasteiger partial charge in [0.15, 0.2) is 0 Å². The third kappa shape index (κ3) is 3.55. The summed E-state index contributed by atoms with van der Waals surface area (Å²) >= 11 is 1.59. The van der Waals surface area contributed by atoms with Gasteiger partial charge >= 0.3 is 0 Å². The lowest BCUT2D eigenvalue weighted by Gasteiger charge is -2.45. The third-order valence-corrected chi connectivity index (χ3v) is 7.56. The van der Waals surface area contributed by atoms with E-state index in [9.17, 15) is 14.0 Å². The number of amides is 2. The first-order valence-electron chi connectivity index (χ1n) is 10.9. The summed E-state index contributed by atoms with van der Waals surface area (Å²) in [6.45, 7) is 2.40. The zero-order valence-corrected chi connectivity index (χ0v) is 18.4. The Bertz CT molecular complexity index is 1150. The molecule has 1 fully saturated rings. The number of carbonyl (C=O) groups excluding carboxylic acids is 2. The van der Waals surface area contributed by atoms with Gasteiger partial charge in [-0.15, -0.1) is 11.3 Å². The number of fused-ring (bicyclic) bond motifs is 3. The molecular formula is C24H26FN3O2S. The molecule has 1 aromatic carbocycles. The van der Waals surface area contributed by atoms with Gasteiger partial charge in [-0.1, -0.05) is 31.4 Å². The normalized spacial score (nSPS) is 22.0. The minimum absolute atomic E-state index is 0.133. The summed E-state index contributed by atoms with van der Waals surface area (Å²) in [5.41, 5.74) is 1.17. The SMILES string of the molecule is CC1(C(=O)NC2CCCCC2)Cn2c(cc3sccc32)C(=O)N1Cc1cccc(F)c1. The molecule has 1 saturated carbocycles. The third-order valence-electron chi connectivity index (χ3n) is 6.71. The van der Waals surface area contributed by atoms with Crippen molar-refractivity contribution >= 4 is 33.4 Å². The average Bonchev–Trinajstić information content (AvgIpc) is 3.34. The number of rotatable bonds is 4. The Morgan fingerprint density at radius 2 is 2.03 bits per heavy atom. The maximum Gasteiger partial charge on any atom is 0.271 e. The second-order valence-corrected chi connectivity index (χ2v) is 9.84. The maximum absolute atomic E-state index is 13.8. The Balaban J connectivity index is 1.53. The number of thiophene rings is 1. The van der Waals surface area contributed by atoms with Gasteiger partial charge in [-0.05, 0) is 55.0 Å². The fraction of sp³-hybridized carbons (Fsp3) is 0.417. The molecule has 3 heterocycles. The molecule has 5 nitrogen and oxygen atoms in total. The molecule has 0 bridgehead atoms. The molecular weight excluding hydrogens is 413 g/mol. The standard InChI is InChI=1S/C24H26FN3O2S/c1-24(23(30)26-18-8-3-2-4-9-18)15-27-19-10-11-31-21(19)13-20(27)22(29)28(24)14-16-6-5-7-17(25)12-16/h5-7,10-13,18H,2-4,8-9,14-15H2,1H3,(H,26,30). The van der Waals surface area contributed by atoms with Crippen LogP contribution in [0.25, 0.3) is 10.2 Å². The van der Waals surface area contributed by atoms with Crippen molar-refractivity contribution in [2.45, 2.75) is 63.7 Å². The lowest BCUT2D eigenvalue weighted by atomic mass is 9.91. The highest BCUT2D eigenvalue weighted by Crippen LogP contribution is 2.35. The summed E-state index contributed by atoms with van der Waals surface area (Å²) in [6.07, 6.45) is 5.39. The van der Waals surface area contributed by atoms with Crippen LogP contribution in [0.1, 0.15) is 55.1 Å². The van der Waals surface area contributed by atoms with Crippen molar-refractivity contribution in [3.8, 4) is 0 Å². The first-order chi connectivity index (χ1) is 15.0. The van der Waals surface area contributed by atoms with Gasteiger partial charge < -0.3 is 14.8 Å². The van der Waals surface area contributed by atoms with E-state index in [1.807, 2.05) is 29.0 Å². The van der Waals surface area contributed by atoms with Gasteiger partial charge in [0, 0.05) is 12.6 Å². The molecule has 2 aromatic heterocycles. The van der Waals surface area contributed by atoms with E-state index in [1.54, 1.807) is 28.4 Å². The van der Waals surface area contributed by atoms with Crippen LogP contribution in [0.4, 0.5) is 4.39 Å². The topological polar surface area (TPSA) is 54.3 Å². The molecule has 5 rings (SSSR count). The van der Waals surface area contributed by atoms with E-state index < -0.39 is 5.54 Å². The lowest BCUT2D eigenvalue weighted by Crippen LogP contribution is -2.64. The number of aromatic nitrogens is 1. The molecule has 1 N–H and O–H groups in total. The minimum atomic E-state index is -1.07. The Labute approximate surface area is 184 Å². The van der Waals surface area contributed by atoms with Crippen molar-refractivity contribution in [2.24, 2.45) is 0 Å². The summed E-state index contributed by atoms with van der Waals surface area (Å²) in [7, 11) is 0. The quantitative estimate of drug-likeness (QED) is 0.640. The number of carbonyl (C=O) groups is 2. The summed E-state index contributed by atoms with van der Waals surface area (Å²) in [4.78, 5) is 28.9. The molecule has 0 radical (unpaired) electrons. The number of hydrogen-bond donors (Lipinski definition) is 1. The second-order valence-electron chi connectivity index (χ2n) is 8.89. The predicted molar refractivity (Wildman–Crippen MR) is 120 cm³/mol. The Kier molecular flexibility index (Phi) is 5.08. The van der Waals surface area contributed by atoms with E-state index in [-0.39, 0.29) is 30.2 Å². The molecule has 2 amide bonds. The van der Waals surface area contributed by atoms with E-state index >= 15 is 0 Å². The van der Waals surface area contributed by atoms with E-state index in [1.165, 1.54) is 18.6 Å². The van der Waals surface area contributed by atoms with Crippen molar-refractivity contribution < 1.29 is 14.0 Å². The first kappa shape index (κ1) is 20.2. The Morgan fingerprint density at radius 3 is 2.81 bits per heavy atom. The lowest BCUT2D eigenvalue weighted by molar-refractivity contribution is -0.134. The average molecular weight is 440 g/mol. The van der Waals surface area contributed by atoms with Gasteiger partial charge in [-0.25, -0.2) is 4.39 Å². The molecule has 1 unspecified atom stereocenters. The highest BCUT2D eigenvalue weighted by Gasteiger charge is 2.48. The Morgan fingerprint density at radius 1 is 1.23 bits per heavy atom. The van der Waals surface area contributed by atoms with Gasteiger partial charge in [0.2, 0.25) is 5.91 Å². The van der Waals surface area contributed by atoms with Crippen molar-refractivity contribution in [1.29, 1.82) is 0 Å². The summed E-state index contributed by atoms with van der Waals surface area (Å²) in [6, 6.07) is 10.3. The summed E-state index contributed by atoms with van der Waals surface area (Å²) in [5.74, 6) is -0.675. The van der Waals surface area contributed by atoms with Crippen molar-refractivity contribution in [3.05, 3.63) is 58.9 Å². The van der Waals surface area contributed by atoms with Gasteiger partial charge in [0.05, 0.1) is 16.8 Å². The smallest absolute Gasteiger partial charge is 0.271 e. The highest BCUT2D eigenvalue weighted by atomic mass is 32.1. The summed E-state index contributed by atoms with van der Waals surface area (Å²) < 4.78 is 16.8. The largest absolute Gasteiger partial charge is 0.351 e. The monoisotopic (exact) mass is 439 g/mol. The molecule has 7 heteroatoms. The molecule has 1 aliphatic heterocycles. The van der Waals surface area contributed by atoms with E-state index in [2.05, 4.69) is 5.32 Å². The van der Waals surface area contributed by atoms with Crippen LogP contribution >= 0.6 is 11.3 Å². The first-order valence-corrected chi connectivity index (χ1v) is 11.8. The predicted octanol–water partition coefficient (Wildman–Crippen LogP) is 4.71. The fourth-order valence-corrected chi connectivity index (χ4v) is 5.75. The van der Waals surface area contributed by atoms with Crippen molar-refractivity contribution in [1.82, 2.24) is 14.8 Å². The van der Waals surface area contributed by atoms with E-state index in [0.29, 0.717) is 17.8 Å². The molecule has 1 atom stereocenters. The van der Waals surface area contributed by atoms with E-state index in [0.717, 1.165) is 35.9 Å². The van der Waals surface area contributed by atoms with Gasteiger partial charge in [-0.3, -0.25) is 9.59 Å². The second kappa shape index (κ2) is 7.79. The summed E-state index contributed by atoms with van der Waals surface area (Å²) in [5, 5.41) is 5.23. The molecule has 0 spiro atoms. The molecule has 162 valence electrons. The van der Waals surface area contributed by atoms with Gasteiger partial charge in [0.1, 0.15) is 17.1 Å². The van der Waals surface area contributed by atoms with Crippen LogP contribution in [0.3, 0.4) is 0 Å². The number of nitrogens with zero attached hydrogens (tertiary/aromatic N) is 2. The molecule has 3 aromatic rings. The van der Waals surface area contributed by atoms with Crippen LogP contribution < -0.4 is 5.32 Å². The van der Waals surface area contributed by atoms with Crippen molar-refractivity contribution in [2.75, 3.05) is 0 Å². The van der Waals surface area contributed by atoms with Gasteiger partial charge in [0.25, 0.3) is 5.91 Å². The Hall–Kier alpha value is -2.67. The molecule has 31 heavy (non-hydrogen) atoms. The number of benzene rings is 1.